The number of pyridine rings is 1. The van der Waals surface area contributed by atoms with Crippen molar-refractivity contribution in [2.24, 2.45) is 5.92 Å². The van der Waals surface area contributed by atoms with E-state index in [-0.39, 0.29) is 33.6 Å². The lowest BCUT2D eigenvalue weighted by Gasteiger charge is -2.23. The number of halogens is 3. The first kappa shape index (κ1) is 68.6. The van der Waals surface area contributed by atoms with E-state index in [1.807, 2.05) is 0 Å². The maximum Gasteiger partial charge on any atom is 0.428 e. The number of aliphatic hydroxyl groups is 1. The van der Waals surface area contributed by atoms with E-state index in [9.17, 15) is 55.2 Å². The monoisotopic (exact) mass is 1060 g/mol. The third-order valence-electron chi connectivity index (χ3n) is 10.8. The van der Waals surface area contributed by atoms with Crippen molar-refractivity contribution >= 4 is 51.9 Å². The van der Waals surface area contributed by atoms with Crippen LogP contribution in [0.25, 0.3) is 0 Å². The number of aromatic nitrogens is 1. The fraction of sp³-hybridized carbons (Fsp3) is 0.520. The molecule has 1 heterocycles. The number of aliphatic carboxylic acids is 3. The summed E-state index contributed by atoms with van der Waals surface area (Å²) >= 11 is 0. The van der Waals surface area contributed by atoms with Gasteiger partial charge in [0.2, 0.25) is 0 Å². The molecular formula is C50H70F3NO18S. The van der Waals surface area contributed by atoms with Crippen LogP contribution in [-0.2, 0) is 24.5 Å². The topological polar surface area (TPSA) is 349 Å². The van der Waals surface area contributed by atoms with Gasteiger partial charge in [-0.25, -0.2) is 24.0 Å². The highest BCUT2D eigenvalue weighted by Gasteiger charge is 2.58. The van der Waals surface area contributed by atoms with Crippen molar-refractivity contribution < 1.29 is 101 Å². The minimum Gasteiger partial charge on any atom is -0.481 e. The number of alkyl halides is 3. The molecule has 1 aromatic heterocycles. The third-order valence-corrected chi connectivity index (χ3v) is 11.7. The van der Waals surface area contributed by atoms with E-state index in [1.54, 1.807) is 13.8 Å². The quantitative estimate of drug-likeness (QED) is 0.0253. The van der Waals surface area contributed by atoms with E-state index >= 15 is 0 Å². The second-order valence-electron chi connectivity index (χ2n) is 16.7. The van der Waals surface area contributed by atoms with Gasteiger partial charge in [0.25, 0.3) is 15.7 Å². The second-order valence-corrected chi connectivity index (χ2v) is 18.1. The molecule has 9 N–H and O–H groups in total. The Balaban J connectivity index is 0. The van der Waals surface area contributed by atoms with Gasteiger partial charge in [-0.05, 0) is 86.3 Å². The van der Waals surface area contributed by atoms with Gasteiger partial charge in [-0.2, -0.15) is 21.6 Å². The Kier molecular flexibility index (Phi) is 34.3. The Bertz CT molecular complexity index is 2220. The summed E-state index contributed by atoms with van der Waals surface area (Å²) in [6.07, 6.45) is 17.4. The van der Waals surface area contributed by atoms with Crippen molar-refractivity contribution in [1.29, 1.82) is 0 Å². The number of aryl methyl sites for hydroxylation is 2. The van der Waals surface area contributed by atoms with Crippen LogP contribution in [0.1, 0.15) is 188 Å². The summed E-state index contributed by atoms with van der Waals surface area (Å²) in [5.41, 5.74) is -2.21. The molecule has 73 heavy (non-hydrogen) atoms. The van der Waals surface area contributed by atoms with E-state index in [4.69, 9.17) is 45.4 Å². The van der Waals surface area contributed by atoms with Crippen LogP contribution in [0.2, 0.25) is 0 Å². The molecule has 3 aromatic rings. The smallest absolute Gasteiger partial charge is 0.428 e. The highest BCUT2D eigenvalue weighted by Crippen LogP contribution is 2.33. The van der Waals surface area contributed by atoms with Crippen LogP contribution < -0.4 is 0 Å². The Morgan fingerprint density at radius 1 is 0.562 bits per heavy atom. The number of hydrogen-bond donors (Lipinski definition) is 9. The summed E-state index contributed by atoms with van der Waals surface area (Å²) in [4.78, 5) is 77.0. The van der Waals surface area contributed by atoms with Crippen molar-refractivity contribution in [2.75, 3.05) is 0 Å². The number of hydrogen-bond acceptors (Lipinski definition) is 11. The van der Waals surface area contributed by atoms with Crippen LogP contribution in [-0.4, -0.2) is 112 Å². The first-order valence-corrected chi connectivity index (χ1v) is 24.9. The van der Waals surface area contributed by atoms with Crippen LogP contribution >= 0.6 is 0 Å². The van der Waals surface area contributed by atoms with Crippen LogP contribution in [0.4, 0.5) is 13.2 Å². The predicted octanol–water partition coefficient (Wildman–Crippen LogP) is 10.7. The Morgan fingerprint density at radius 2 is 0.918 bits per heavy atom. The summed E-state index contributed by atoms with van der Waals surface area (Å²) in [7, 11) is -4.04. The van der Waals surface area contributed by atoms with Crippen LogP contribution in [0.5, 0.6) is 0 Å². The molecule has 23 heteroatoms. The Labute approximate surface area is 422 Å². The normalized spacial score (nSPS) is 12.0. The van der Waals surface area contributed by atoms with Crippen molar-refractivity contribution in [3.05, 3.63) is 94.3 Å². The molecule has 19 nitrogen and oxygen atoms in total. The van der Waals surface area contributed by atoms with E-state index in [0.29, 0.717) is 17.5 Å². The number of carbonyl (C=O) groups is 7. The largest absolute Gasteiger partial charge is 0.481 e. The number of nitrogens with zero attached hydrogens (tertiary/aromatic N) is 1. The van der Waals surface area contributed by atoms with Gasteiger partial charge in [-0.15, -0.1) is 0 Å². The highest BCUT2D eigenvalue weighted by atomic mass is 32.2. The van der Waals surface area contributed by atoms with Gasteiger partial charge in [0, 0.05) is 12.4 Å². The maximum atomic E-state index is 11.7. The summed E-state index contributed by atoms with van der Waals surface area (Å²) in [5, 5.41) is 68.7. The van der Waals surface area contributed by atoms with Gasteiger partial charge in [0.1, 0.15) is 0 Å². The number of rotatable bonds is 27. The molecule has 0 radical (unpaired) electrons. The van der Waals surface area contributed by atoms with Gasteiger partial charge in [-0.1, -0.05) is 117 Å². The second kappa shape index (κ2) is 36.5. The van der Waals surface area contributed by atoms with E-state index in [2.05, 4.69) is 11.9 Å². The maximum absolute atomic E-state index is 11.7. The van der Waals surface area contributed by atoms with Crippen LogP contribution in [0, 0.1) is 19.8 Å². The zero-order valence-corrected chi connectivity index (χ0v) is 42.3. The summed E-state index contributed by atoms with van der Waals surface area (Å²) in [6, 6.07) is 10.2. The molecule has 0 saturated carbocycles. The lowest BCUT2D eigenvalue weighted by atomic mass is 9.97. The Hall–Kier alpha value is -6.46. The minimum absolute atomic E-state index is 0.0833. The van der Waals surface area contributed by atoms with Crippen molar-refractivity contribution in [2.45, 2.75) is 166 Å². The van der Waals surface area contributed by atoms with Gasteiger partial charge in [-0.3, -0.25) is 19.1 Å². The molecule has 2 unspecified atom stereocenters. The standard InChI is InChI=1S/C22H42O4.C10H10O4.C8H6O4.C5H7F3O3.C5H5NO3S/c1-2-3-4-5-6-7-8-9-10-11-12-13-14-15-16-17-18-20(22(25)26)19-21(23)24;1-5-3-7(9(11)12)4-6(2)8(5)10(13)14;9-7(10)5-1-2-6(4-3-5)8(11)12;1-2-4(11,3(9)10)5(6,7)8;7-10(8,9)5-1-3-6-4-2-5/h20H,2-19H2,1H3,(H,23,24)(H,25,26);3-4H,1-2H3,(H,11,12)(H,13,14);1-4H,(H,9,10)(H,11,12);11H,2H2,1H3,(H,9,10);1-4H,(H,7,8,9). The van der Waals surface area contributed by atoms with E-state index in [1.165, 1.54) is 144 Å². The first-order chi connectivity index (χ1) is 34.0. The van der Waals surface area contributed by atoms with Gasteiger partial charge < -0.3 is 40.9 Å². The van der Waals surface area contributed by atoms with Crippen LogP contribution in [0.15, 0.2) is 65.8 Å². The average molecular weight is 1060 g/mol. The zero-order valence-electron chi connectivity index (χ0n) is 41.5. The molecule has 2 aromatic carbocycles. The van der Waals surface area contributed by atoms with Crippen LogP contribution in [0.3, 0.4) is 0 Å². The SMILES string of the molecule is CCC(O)(C(=O)O)C(F)(F)F.CCCCCCCCCCCCCCCCCCC(CC(=O)O)C(=O)O.Cc1cc(C(=O)O)cc(C)c1C(=O)O.O=C(O)c1ccc(C(=O)O)cc1.O=S(=O)(O)c1ccncc1. The highest BCUT2D eigenvalue weighted by molar-refractivity contribution is 7.85. The van der Waals surface area contributed by atoms with Gasteiger partial charge in [0.15, 0.2) is 0 Å². The zero-order chi connectivity index (χ0) is 56.4. The average Bonchev–Trinajstić information content (AvgIpc) is 3.30. The molecule has 0 aliphatic heterocycles. The molecule has 410 valence electrons. The van der Waals surface area contributed by atoms with E-state index < -0.39 is 76.0 Å². The molecular weight excluding hydrogens is 992 g/mol. The molecule has 0 amide bonds. The number of benzene rings is 2. The molecule has 0 aliphatic rings. The number of unbranched alkanes of at least 4 members (excludes halogenated alkanes) is 15. The molecule has 0 bridgehead atoms. The van der Waals surface area contributed by atoms with Gasteiger partial charge in [0.05, 0.1) is 39.5 Å². The minimum atomic E-state index is -5.12. The fourth-order valence-corrected chi connectivity index (χ4v) is 7.09. The lowest BCUT2D eigenvalue weighted by Crippen LogP contribution is -2.51. The first-order valence-electron chi connectivity index (χ1n) is 23.5. The molecule has 3 rings (SSSR count). The number of carboxylic acids is 7. The summed E-state index contributed by atoms with van der Waals surface area (Å²) in [6.45, 7) is 6.38. The lowest BCUT2D eigenvalue weighted by molar-refractivity contribution is -0.260. The summed E-state index contributed by atoms with van der Waals surface area (Å²) in [5.74, 6) is -9.20. The van der Waals surface area contributed by atoms with Crippen molar-refractivity contribution in [1.82, 2.24) is 4.98 Å². The predicted molar refractivity (Wildman–Crippen MR) is 261 cm³/mol. The fourth-order valence-electron chi connectivity index (χ4n) is 6.63. The molecule has 0 aliphatic carbocycles. The Morgan fingerprint density at radius 3 is 1.15 bits per heavy atom. The molecule has 0 saturated heterocycles. The molecule has 2 atom stereocenters. The van der Waals surface area contributed by atoms with Gasteiger partial charge >= 0.3 is 48.0 Å². The number of carboxylic acid groups (broad SMARTS) is 7. The molecule has 0 spiro atoms. The van der Waals surface area contributed by atoms with Crippen molar-refractivity contribution in [3.63, 3.8) is 0 Å². The number of aromatic carboxylic acids is 4. The third kappa shape index (κ3) is 30.2. The summed E-state index contributed by atoms with van der Waals surface area (Å²) < 4.78 is 64.3. The van der Waals surface area contributed by atoms with E-state index in [0.717, 1.165) is 26.2 Å². The molecule has 0 fully saturated rings. The van der Waals surface area contributed by atoms with Crippen molar-refractivity contribution in [3.8, 4) is 0 Å².